The second-order valence-corrected chi connectivity index (χ2v) is 7.46. The highest BCUT2D eigenvalue weighted by molar-refractivity contribution is 5.97. The summed E-state index contributed by atoms with van der Waals surface area (Å²) in [4.78, 5) is 26.6. The number of anilines is 3. The molecule has 1 saturated heterocycles. The van der Waals surface area contributed by atoms with E-state index in [0.717, 1.165) is 11.1 Å². The largest absolute Gasteiger partial charge is 0.493 e. The van der Waals surface area contributed by atoms with Crippen molar-refractivity contribution in [2.75, 3.05) is 44.0 Å². The molecule has 0 aromatic carbocycles. The molecule has 1 amide bonds. The van der Waals surface area contributed by atoms with Gasteiger partial charge in [-0.3, -0.25) is 4.79 Å². The Morgan fingerprint density at radius 1 is 1.47 bits per heavy atom. The van der Waals surface area contributed by atoms with E-state index in [1.54, 1.807) is 17.2 Å². The van der Waals surface area contributed by atoms with Crippen molar-refractivity contribution >= 4 is 34.3 Å². The van der Waals surface area contributed by atoms with E-state index in [0.29, 0.717) is 60.4 Å². The Labute approximate surface area is 185 Å². The fraction of sp³-hybridized carbons (Fsp3) is 0.364. The summed E-state index contributed by atoms with van der Waals surface area (Å²) in [6.07, 6.45) is 3.16. The van der Waals surface area contributed by atoms with Gasteiger partial charge in [0.25, 0.3) is 5.91 Å². The van der Waals surface area contributed by atoms with E-state index in [1.165, 1.54) is 13.3 Å². The first-order valence-corrected chi connectivity index (χ1v) is 10.4. The van der Waals surface area contributed by atoms with Gasteiger partial charge in [0.15, 0.2) is 11.6 Å². The smallest absolute Gasteiger partial charge is 0.255 e. The Hall–Kier alpha value is -3.84. The number of carbonyl (C=O) groups is 1. The van der Waals surface area contributed by atoms with Crippen molar-refractivity contribution in [1.29, 1.82) is 5.26 Å². The van der Waals surface area contributed by atoms with Crippen molar-refractivity contribution in [3.8, 4) is 11.8 Å². The third kappa shape index (κ3) is 4.15. The molecule has 4 rings (SSSR count). The van der Waals surface area contributed by atoms with Gasteiger partial charge >= 0.3 is 0 Å². The van der Waals surface area contributed by atoms with Crippen LogP contribution < -0.4 is 15.4 Å². The molecule has 1 aliphatic rings. The van der Waals surface area contributed by atoms with Crippen molar-refractivity contribution < 1.29 is 14.3 Å². The Morgan fingerprint density at radius 2 is 2.31 bits per heavy atom. The highest BCUT2D eigenvalue weighted by Gasteiger charge is 2.24. The average molecular weight is 435 g/mol. The van der Waals surface area contributed by atoms with Crippen LogP contribution in [0.5, 0.6) is 5.75 Å². The Morgan fingerprint density at radius 3 is 3.03 bits per heavy atom. The lowest BCUT2D eigenvalue weighted by Crippen LogP contribution is -2.44. The monoisotopic (exact) mass is 435 g/mol. The molecule has 4 heterocycles. The number of hydrogen-bond acceptors (Lipinski definition) is 8. The fourth-order valence-corrected chi connectivity index (χ4v) is 3.73. The number of fused-ring (bicyclic) bond motifs is 1. The maximum absolute atomic E-state index is 12.9. The van der Waals surface area contributed by atoms with Crippen molar-refractivity contribution in [2.24, 2.45) is 0 Å². The van der Waals surface area contributed by atoms with Crippen molar-refractivity contribution in [1.82, 2.24) is 19.9 Å². The minimum Gasteiger partial charge on any atom is -0.493 e. The topological polar surface area (TPSA) is 128 Å². The van der Waals surface area contributed by atoms with E-state index < -0.39 is 0 Å². The summed E-state index contributed by atoms with van der Waals surface area (Å²) in [7, 11) is 1.53. The SMILES string of the molecule is CCNc1cc(Nc2ncc(C(=O)N3CCO[C@H](C)C3)cc2OC)nc2[nH]cc(C#N)c12. The number of morpholine rings is 1. The Bertz CT molecular complexity index is 1180. The van der Waals surface area contributed by atoms with Crippen LogP contribution in [0.2, 0.25) is 0 Å². The Balaban J connectivity index is 1.62. The highest BCUT2D eigenvalue weighted by atomic mass is 16.5. The quantitative estimate of drug-likeness (QED) is 0.539. The lowest BCUT2D eigenvalue weighted by molar-refractivity contribution is -0.0124. The summed E-state index contributed by atoms with van der Waals surface area (Å²) in [6.45, 7) is 6.22. The van der Waals surface area contributed by atoms with Crippen LogP contribution in [0.15, 0.2) is 24.5 Å². The number of nitriles is 1. The molecule has 0 aliphatic carbocycles. The summed E-state index contributed by atoms with van der Waals surface area (Å²) >= 11 is 0. The molecule has 32 heavy (non-hydrogen) atoms. The van der Waals surface area contributed by atoms with Gasteiger partial charge in [-0.2, -0.15) is 5.26 Å². The van der Waals surface area contributed by atoms with E-state index in [1.807, 2.05) is 19.9 Å². The van der Waals surface area contributed by atoms with Gasteiger partial charge in [-0.15, -0.1) is 0 Å². The summed E-state index contributed by atoms with van der Waals surface area (Å²) in [6, 6.07) is 5.66. The van der Waals surface area contributed by atoms with Crippen LogP contribution in [-0.4, -0.2) is 65.2 Å². The number of amides is 1. The van der Waals surface area contributed by atoms with Gasteiger partial charge in [-0.1, -0.05) is 0 Å². The Kier molecular flexibility index (Phi) is 6.09. The van der Waals surface area contributed by atoms with Gasteiger partial charge in [-0.05, 0) is 19.9 Å². The van der Waals surface area contributed by atoms with E-state index in [-0.39, 0.29) is 12.0 Å². The first-order chi connectivity index (χ1) is 15.5. The maximum atomic E-state index is 12.9. The van der Waals surface area contributed by atoms with Crippen LogP contribution in [0.25, 0.3) is 11.0 Å². The minimum atomic E-state index is -0.109. The van der Waals surface area contributed by atoms with E-state index >= 15 is 0 Å². The van der Waals surface area contributed by atoms with Crippen molar-refractivity contribution in [2.45, 2.75) is 20.0 Å². The maximum Gasteiger partial charge on any atom is 0.255 e. The van der Waals surface area contributed by atoms with E-state index in [4.69, 9.17) is 9.47 Å². The zero-order valence-corrected chi connectivity index (χ0v) is 18.2. The van der Waals surface area contributed by atoms with E-state index in [9.17, 15) is 10.1 Å². The second-order valence-electron chi connectivity index (χ2n) is 7.46. The summed E-state index contributed by atoms with van der Waals surface area (Å²) in [5.41, 5.74) is 2.33. The van der Waals surface area contributed by atoms with Crippen LogP contribution in [0.1, 0.15) is 29.8 Å². The molecule has 1 aliphatic heterocycles. The summed E-state index contributed by atoms with van der Waals surface area (Å²) < 4.78 is 11.0. The minimum absolute atomic E-state index is 0.00459. The number of aromatic nitrogens is 3. The van der Waals surface area contributed by atoms with Crippen LogP contribution in [0.4, 0.5) is 17.3 Å². The molecular formula is C22H25N7O3. The molecule has 0 saturated carbocycles. The van der Waals surface area contributed by atoms with Crippen molar-refractivity contribution in [3.63, 3.8) is 0 Å². The number of aromatic amines is 1. The van der Waals surface area contributed by atoms with Gasteiger partial charge in [0.1, 0.15) is 17.5 Å². The zero-order valence-electron chi connectivity index (χ0n) is 18.2. The van der Waals surface area contributed by atoms with Crippen molar-refractivity contribution in [3.05, 3.63) is 35.7 Å². The number of carbonyl (C=O) groups excluding carboxylic acids is 1. The molecule has 3 aromatic rings. The zero-order chi connectivity index (χ0) is 22.7. The third-order valence-electron chi connectivity index (χ3n) is 5.22. The third-order valence-corrected chi connectivity index (χ3v) is 5.22. The lowest BCUT2D eigenvalue weighted by Gasteiger charge is -2.31. The average Bonchev–Trinajstić information content (AvgIpc) is 3.22. The molecule has 0 unspecified atom stereocenters. The number of ether oxygens (including phenoxy) is 2. The molecule has 3 aromatic heterocycles. The normalized spacial score (nSPS) is 15.9. The molecule has 1 atom stereocenters. The predicted molar refractivity (Wildman–Crippen MR) is 120 cm³/mol. The molecule has 166 valence electrons. The van der Waals surface area contributed by atoms with Gasteiger partial charge in [0.05, 0.1) is 42.0 Å². The number of nitrogens with zero attached hydrogens (tertiary/aromatic N) is 4. The van der Waals surface area contributed by atoms with Crippen LogP contribution in [0.3, 0.4) is 0 Å². The van der Waals surface area contributed by atoms with Gasteiger partial charge in [0.2, 0.25) is 0 Å². The van der Waals surface area contributed by atoms with Crippen LogP contribution >= 0.6 is 0 Å². The van der Waals surface area contributed by atoms with Crippen LogP contribution in [0, 0.1) is 11.3 Å². The number of hydrogen-bond donors (Lipinski definition) is 3. The molecule has 10 heteroatoms. The number of nitrogens with one attached hydrogen (secondary N) is 3. The molecule has 10 nitrogen and oxygen atoms in total. The standard InChI is InChI=1S/C22H25N7O3/c1-4-24-16-8-18(28-21-19(16)15(9-23)11-26-21)27-20-17(31-3)7-14(10-25-20)22(30)29-5-6-32-13(2)12-29/h7-8,10-11,13H,4-6,12H2,1-3H3,(H3,24,25,26,27,28)/t13-/m1/s1. The number of H-pyrrole nitrogens is 1. The van der Waals surface area contributed by atoms with Crippen LogP contribution in [-0.2, 0) is 4.74 Å². The highest BCUT2D eigenvalue weighted by Crippen LogP contribution is 2.31. The molecule has 0 bridgehead atoms. The molecular weight excluding hydrogens is 410 g/mol. The van der Waals surface area contributed by atoms with Gasteiger partial charge in [-0.25, -0.2) is 9.97 Å². The summed E-state index contributed by atoms with van der Waals surface area (Å²) in [5, 5.41) is 16.5. The fourth-order valence-electron chi connectivity index (χ4n) is 3.73. The number of pyridine rings is 2. The summed E-state index contributed by atoms with van der Waals surface area (Å²) in [5.74, 6) is 1.27. The first-order valence-electron chi connectivity index (χ1n) is 10.4. The molecule has 0 radical (unpaired) electrons. The first kappa shape index (κ1) is 21.4. The number of rotatable bonds is 6. The molecule has 0 spiro atoms. The second kappa shape index (κ2) is 9.11. The van der Waals surface area contributed by atoms with Gasteiger partial charge < -0.3 is 30.0 Å². The van der Waals surface area contributed by atoms with Gasteiger partial charge in [0, 0.05) is 38.1 Å². The van der Waals surface area contributed by atoms with E-state index in [2.05, 4.69) is 31.7 Å². The lowest BCUT2D eigenvalue weighted by atomic mass is 10.2. The predicted octanol–water partition coefficient (Wildman–Crippen LogP) is 2.87. The molecule has 1 fully saturated rings. The number of methoxy groups -OCH3 is 1. The molecule has 3 N–H and O–H groups in total.